The van der Waals surface area contributed by atoms with Crippen molar-refractivity contribution in [1.29, 1.82) is 0 Å². The zero-order chi connectivity index (χ0) is 13.3. The molecule has 0 spiro atoms. The molecular weight excluding hydrogens is 331 g/mol. The lowest BCUT2D eigenvalue weighted by Gasteiger charge is -2.15. The fourth-order valence-electron chi connectivity index (χ4n) is 1.91. The third kappa shape index (κ3) is 2.90. The first-order valence-electron chi connectivity index (χ1n) is 5.65. The first kappa shape index (κ1) is 13.9. The second-order valence-electron chi connectivity index (χ2n) is 4.39. The fourth-order valence-corrected chi connectivity index (χ4v) is 3.38. The van der Waals surface area contributed by atoms with Gasteiger partial charge < -0.3 is 0 Å². The first-order chi connectivity index (χ1) is 8.49. The molecule has 0 N–H and O–H groups in total. The molecule has 2 aromatic carbocycles. The first-order valence-corrected chi connectivity index (χ1v) is 7.26. The van der Waals surface area contributed by atoms with Crippen LogP contribution < -0.4 is 0 Å². The van der Waals surface area contributed by atoms with Crippen molar-refractivity contribution in [1.82, 2.24) is 0 Å². The number of halogens is 3. The minimum atomic E-state index is -0.170. The monoisotopic (exact) mass is 342 g/mol. The molecule has 0 aliphatic heterocycles. The Morgan fingerprint density at radius 2 is 1.72 bits per heavy atom. The van der Waals surface area contributed by atoms with Gasteiger partial charge in [-0.05, 0) is 42.7 Å². The van der Waals surface area contributed by atoms with E-state index in [1.165, 1.54) is 11.1 Å². The van der Waals surface area contributed by atoms with Gasteiger partial charge in [0.05, 0.1) is 5.38 Å². The quantitative estimate of drug-likeness (QED) is 0.582. The van der Waals surface area contributed by atoms with E-state index in [2.05, 4.69) is 48.0 Å². The molecular formula is C15H13BrCl2. The molecule has 1 unspecified atom stereocenters. The minimum absolute atomic E-state index is 0.170. The van der Waals surface area contributed by atoms with Crippen molar-refractivity contribution in [2.24, 2.45) is 0 Å². The van der Waals surface area contributed by atoms with Gasteiger partial charge in [-0.3, -0.25) is 0 Å². The SMILES string of the molecule is Cc1ccc(C)c(C(Cl)c2ccc(Cl)cc2Br)c1. The summed E-state index contributed by atoms with van der Waals surface area (Å²) in [6.45, 7) is 4.15. The lowest BCUT2D eigenvalue weighted by molar-refractivity contribution is 1.09. The summed E-state index contributed by atoms with van der Waals surface area (Å²) < 4.78 is 0.941. The Morgan fingerprint density at radius 1 is 1.00 bits per heavy atom. The number of alkyl halides is 1. The Morgan fingerprint density at radius 3 is 2.39 bits per heavy atom. The maximum Gasteiger partial charge on any atom is 0.0848 e. The van der Waals surface area contributed by atoms with Gasteiger partial charge in [-0.2, -0.15) is 0 Å². The van der Waals surface area contributed by atoms with Crippen LogP contribution in [-0.2, 0) is 0 Å². The number of benzene rings is 2. The summed E-state index contributed by atoms with van der Waals surface area (Å²) in [5, 5.41) is 0.534. The van der Waals surface area contributed by atoms with E-state index in [9.17, 15) is 0 Å². The molecule has 0 heterocycles. The highest BCUT2D eigenvalue weighted by molar-refractivity contribution is 9.10. The minimum Gasteiger partial charge on any atom is -0.113 e. The van der Waals surface area contributed by atoms with Crippen molar-refractivity contribution in [3.63, 3.8) is 0 Å². The summed E-state index contributed by atoms with van der Waals surface area (Å²) in [4.78, 5) is 0. The van der Waals surface area contributed by atoms with Crippen LogP contribution in [0.15, 0.2) is 40.9 Å². The van der Waals surface area contributed by atoms with E-state index >= 15 is 0 Å². The highest BCUT2D eigenvalue weighted by atomic mass is 79.9. The predicted octanol–water partition coefficient (Wildman–Crippen LogP) is 6.05. The van der Waals surface area contributed by atoms with E-state index in [1.807, 2.05) is 18.2 Å². The fraction of sp³-hybridized carbons (Fsp3) is 0.200. The summed E-state index contributed by atoms with van der Waals surface area (Å²) in [5.74, 6) is 0. The summed E-state index contributed by atoms with van der Waals surface area (Å²) in [6.07, 6.45) is 0. The molecule has 0 radical (unpaired) electrons. The van der Waals surface area contributed by atoms with Crippen LogP contribution in [0.3, 0.4) is 0 Å². The smallest absolute Gasteiger partial charge is 0.0848 e. The standard InChI is InChI=1S/C15H13BrCl2/c1-9-3-4-10(2)13(7-9)15(18)12-6-5-11(17)8-14(12)16/h3-8,15H,1-2H3. The highest BCUT2D eigenvalue weighted by Gasteiger charge is 2.16. The Bertz CT molecular complexity index is 579. The topological polar surface area (TPSA) is 0 Å². The second-order valence-corrected chi connectivity index (χ2v) is 6.12. The van der Waals surface area contributed by atoms with Crippen molar-refractivity contribution >= 4 is 39.1 Å². The van der Waals surface area contributed by atoms with Crippen LogP contribution in [0.1, 0.15) is 27.6 Å². The van der Waals surface area contributed by atoms with Gasteiger partial charge in [0.2, 0.25) is 0 Å². The van der Waals surface area contributed by atoms with Crippen LogP contribution in [0.25, 0.3) is 0 Å². The Kier molecular flexibility index (Phi) is 4.37. The Hall–Kier alpha value is -0.500. The summed E-state index contributed by atoms with van der Waals surface area (Å²) in [6, 6.07) is 12.0. The van der Waals surface area contributed by atoms with Crippen molar-refractivity contribution in [3.8, 4) is 0 Å². The van der Waals surface area contributed by atoms with Crippen LogP contribution in [-0.4, -0.2) is 0 Å². The van der Waals surface area contributed by atoms with E-state index < -0.39 is 0 Å². The molecule has 3 heteroatoms. The van der Waals surface area contributed by atoms with E-state index in [-0.39, 0.29) is 5.38 Å². The van der Waals surface area contributed by atoms with Crippen LogP contribution in [0, 0.1) is 13.8 Å². The van der Waals surface area contributed by atoms with Gasteiger partial charge in [-0.15, -0.1) is 11.6 Å². The van der Waals surface area contributed by atoms with E-state index in [0.717, 1.165) is 15.6 Å². The molecule has 0 saturated carbocycles. The third-order valence-electron chi connectivity index (χ3n) is 2.94. The average Bonchev–Trinajstić information content (AvgIpc) is 2.31. The molecule has 0 aliphatic rings. The lowest BCUT2D eigenvalue weighted by atomic mass is 9.98. The van der Waals surface area contributed by atoms with Crippen molar-refractivity contribution < 1.29 is 0 Å². The molecule has 0 saturated heterocycles. The molecule has 0 fully saturated rings. The zero-order valence-corrected chi connectivity index (χ0v) is 13.3. The Balaban J connectivity index is 2.47. The Labute approximate surface area is 126 Å². The third-order valence-corrected chi connectivity index (χ3v) is 4.34. The van der Waals surface area contributed by atoms with Crippen molar-refractivity contribution in [3.05, 3.63) is 68.1 Å². The lowest BCUT2D eigenvalue weighted by Crippen LogP contribution is -1.98. The normalized spacial score (nSPS) is 12.5. The molecule has 0 aliphatic carbocycles. The zero-order valence-electron chi connectivity index (χ0n) is 10.2. The maximum atomic E-state index is 6.59. The second kappa shape index (κ2) is 5.64. The number of rotatable bonds is 2. The summed E-state index contributed by atoms with van der Waals surface area (Å²) in [7, 11) is 0. The van der Waals surface area contributed by atoms with Crippen molar-refractivity contribution in [2.45, 2.75) is 19.2 Å². The van der Waals surface area contributed by atoms with E-state index in [4.69, 9.17) is 23.2 Å². The van der Waals surface area contributed by atoms with Gasteiger partial charge in [0.15, 0.2) is 0 Å². The van der Waals surface area contributed by atoms with Gasteiger partial charge in [-0.25, -0.2) is 0 Å². The molecule has 0 nitrogen and oxygen atoms in total. The average molecular weight is 344 g/mol. The van der Waals surface area contributed by atoms with Gasteiger partial charge in [-0.1, -0.05) is 57.4 Å². The van der Waals surface area contributed by atoms with Gasteiger partial charge >= 0.3 is 0 Å². The molecule has 1 atom stereocenters. The molecule has 0 amide bonds. The maximum absolute atomic E-state index is 6.59. The highest BCUT2D eigenvalue weighted by Crippen LogP contribution is 2.36. The molecule has 2 aromatic rings. The van der Waals surface area contributed by atoms with Crippen LogP contribution in [0.4, 0.5) is 0 Å². The summed E-state index contributed by atoms with van der Waals surface area (Å²) >= 11 is 16.1. The molecule has 0 bridgehead atoms. The number of aryl methyl sites for hydroxylation is 2. The van der Waals surface area contributed by atoms with E-state index in [0.29, 0.717) is 5.02 Å². The van der Waals surface area contributed by atoms with E-state index in [1.54, 1.807) is 0 Å². The van der Waals surface area contributed by atoms with Gasteiger partial charge in [0, 0.05) is 9.50 Å². The largest absolute Gasteiger partial charge is 0.113 e. The van der Waals surface area contributed by atoms with Gasteiger partial charge in [0.1, 0.15) is 0 Å². The van der Waals surface area contributed by atoms with Crippen molar-refractivity contribution in [2.75, 3.05) is 0 Å². The van der Waals surface area contributed by atoms with Gasteiger partial charge in [0.25, 0.3) is 0 Å². The molecule has 2 rings (SSSR count). The molecule has 0 aromatic heterocycles. The summed E-state index contributed by atoms with van der Waals surface area (Å²) in [5.41, 5.74) is 4.59. The number of hydrogen-bond donors (Lipinski definition) is 0. The predicted molar refractivity (Wildman–Crippen MR) is 82.8 cm³/mol. The van der Waals surface area contributed by atoms with Crippen LogP contribution in [0.5, 0.6) is 0 Å². The molecule has 18 heavy (non-hydrogen) atoms. The van der Waals surface area contributed by atoms with Crippen LogP contribution in [0.2, 0.25) is 5.02 Å². The number of hydrogen-bond acceptors (Lipinski definition) is 0. The molecule has 94 valence electrons. The van der Waals surface area contributed by atoms with Crippen LogP contribution >= 0.6 is 39.1 Å².